The van der Waals surface area contributed by atoms with Crippen molar-refractivity contribution in [2.75, 3.05) is 32.7 Å². The van der Waals surface area contributed by atoms with E-state index in [1.807, 2.05) is 35.2 Å². The van der Waals surface area contributed by atoms with Crippen LogP contribution in [-0.4, -0.2) is 59.8 Å². The average molecular weight is 303 g/mol. The van der Waals surface area contributed by atoms with Gasteiger partial charge in [-0.3, -0.25) is 4.90 Å². The van der Waals surface area contributed by atoms with Gasteiger partial charge in [-0.1, -0.05) is 30.3 Å². The smallest absolute Gasteiger partial charge is 0.317 e. The topological polar surface area (TPSA) is 55.8 Å². The lowest BCUT2D eigenvalue weighted by Gasteiger charge is -2.35. The standard InChI is InChI=1S/C17H25N3O2/c21-16(15-6-7-15)13-19-8-10-20(11-9-19)17(22)18-12-14-4-2-1-3-5-14/h1-5,15-16,21H,6-13H2,(H,18,22)/t16-/m0/s1. The predicted molar refractivity (Wildman–Crippen MR) is 85.4 cm³/mol. The van der Waals surface area contributed by atoms with Gasteiger partial charge >= 0.3 is 6.03 Å². The Balaban J connectivity index is 1.38. The summed E-state index contributed by atoms with van der Waals surface area (Å²) in [5.74, 6) is 0.521. The third kappa shape index (κ3) is 4.21. The first-order chi connectivity index (χ1) is 10.7. The number of urea groups is 1. The van der Waals surface area contributed by atoms with Crippen LogP contribution in [0.2, 0.25) is 0 Å². The number of piperazine rings is 1. The second kappa shape index (κ2) is 7.11. The Morgan fingerprint density at radius 3 is 2.50 bits per heavy atom. The van der Waals surface area contributed by atoms with E-state index in [0.717, 1.165) is 38.3 Å². The number of aliphatic hydroxyl groups excluding tert-OH is 1. The van der Waals surface area contributed by atoms with Crippen LogP contribution in [0.1, 0.15) is 18.4 Å². The number of aliphatic hydroxyl groups is 1. The van der Waals surface area contributed by atoms with Gasteiger partial charge in [0.2, 0.25) is 0 Å². The fraction of sp³-hybridized carbons (Fsp3) is 0.588. The molecule has 2 fully saturated rings. The number of benzene rings is 1. The Morgan fingerprint density at radius 2 is 1.86 bits per heavy atom. The maximum Gasteiger partial charge on any atom is 0.317 e. The molecule has 0 bridgehead atoms. The molecular formula is C17H25N3O2. The molecular weight excluding hydrogens is 278 g/mol. The number of hydrogen-bond donors (Lipinski definition) is 2. The van der Waals surface area contributed by atoms with Gasteiger partial charge < -0.3 is 15.3 Å². The molecule has 0 radical (unpaired) electrons. The van der Waals surface area contributed by atoms with Gasteiger partial charge in [0.15, 0.2) is 0 Å². The van der Waals surface area contributed by atoms with Gasteiger partial charge in [-0.25, -0.2) is 4.79 Å². The second-order valence-electron chi connectivity index (χ2n) is 6.34. The summed E-state index contributed by atoms with van der Waals surface area (Å²) in [7, 11) is 0. The molecule has 1 aromatic rings. The van der Waals surface area contributed by atoms with Crippen molar-refractivity contribution in [3.63, 3.8) is 0 Å². The lowest BCUT2D eigenvalue weighted by molar-refractivity contribution is 0.0696. The van der Waals surface area contributed by atoms with E-state index in [2.05, 4.69) is 10.2 Å². The van der Waals surface area contributed by atoms with Crippen LogP contribution in [0.5, 0.6) is 0 Å². The molecule has 2 aliphatic rings. The van der Waals surface area contributed by atoms with Crippen molar-refractivity contribution in [2.24, 2.45) is 5.92 Å². The SMILES string of the molecule is O=C(NCc1ccccc1)N1CCN(C[C@H](O)C2CC2)CC1. The van der Waals surface area contributed by atoms with Gasteiger partial charge in [-0.15, -0.1) is 0 Å². The van der Waals surface area contributed by atoms with Gasteiger partial charge in [-0.2, -0.15) is 0 Å². The van der Waals surface area contributed by atoms with E-state index in [0.29, 0.717) is 12.5 Å². The van der Waals surface area contributed by atoms with Gasteiger partial charge in [0.25, 0.3) is 0 Å². The van der Waals surface area contributed by atoms with Crippen molar-refractivity contribution in [1.82, 2.24) is 15.1 Å². The van der Waals surface area contributed by atoms with Crippen LogP contribution in [0.25, 0.3) is 0 Å². The zero-order valence-electron chi connectivity index (χ0n) is 12.9. The number of rotatable bonds is 5. The molecule has 1 saturated heterocycles. The fourth-order valence-electron chi connectivity index (χ4n) is 2.91. The van der Waals surface area contributed by atoms with E-state index in [9.17, 15) is 9.90 Å². The minimum absolute atomic E-state index is 0.00578. The Bertz CT molecular complexity index is 482. The van der Waals surface area contributed by atoms with Crippen LogP contribution in [0.4, 0.5) is 4.79 Å². The Labute approximate surface area is 131 Å². The second-order valence-corrected chi connectivity index (χ2v) is 6.34. The minimum atomic E-state index is -0.182. The molecule has 0 spiro atoms. The summed E-state index contributed by atoms with van der Waals surface area (Å²) in [6.07, 6.45) is 2.16. The van der Waals surface area contributed by atoms with Crippen LogP contribution in [0.3, 0.4) is 0 Å². The minimum Gasteiger partial charge on any atom is -0.392 e. The maximum atomic E-state index is 12.2. The monoisotopic (exact) mass is 303 g/mol. The maximum absolute atomic E-state index is 12.2. The molecule has 1 saturated carbocycles. The number of carbonyl (C=O) groups is 1. The number of amides is 2. The molecule has 1 atom stereocenters. The van der Waals surface area contributed by atoms with Crippen LogP contribution in [0.15, 0.2) is 30.3 Å². The van der Waals surface area contributed by atoms with Crippen molar-refractivity contribution < 1.29 is 9.90 Å². The molecule has 22 heavy (non-hydrogen) atoms. The number of β-amino-alcohol motifs (C(OH)–C–C–N with tert-alkyl or cyclic N) is 1. The van der Waals surface area contributed by atoms with Crippen LogP contribution < -0.4 is 5.32 Å². The van der Waals surface area contributed by atoms with Crippen molar-refractivity contribution in [3.8, 4) is 0 Å². The first kappa shape index (κ1) is 15.3. The zero-order valence-corrected chi connectivity index (χ0v) is 12.9. The lowest BCUT2D eigenvalue weighted by Crippen LogP contribution is -2.53. The summed E-state index contributed by atoms with van der Waals surface area (Å²) in [5, 5.41) is 13.0. The molecule has 1 aliphatic carbocycles. The molecule has 1 aliphatic heterocycles. The van der Waals surface area contributed by atoms with E-state index in [1.54, 1.807) is 0 Å². The van der Waals surface area contributed by atoms with E-state index in [-0.39, 0.29) is 12.1 Å². The largest absolute Gasteiger partial charge is 0.392 e. The zero-order chi connectivity index (χ0) is 15.4. The Hall–Kier alpha value is -1.59. The normalized spacial score (nSPS) is 20.7. The quantitative estimate of drug-likeness (QED) is 0.862. The Kier molecular flexibility index (Phi) is 4.95. The highest BCUT2D eigenvalue weighted by molar-refractivity contribution is 5.74. The third-order valence-electron chi connectivity index (χ3n) is 4.56. The van der Waals surface area contributed by atoms with Crippen molar-refractivity contribution in [2.45, 2.75) is 25.5 Å². The van der Waals surface area contributed by atoms with Crippen LogP contribution in [-0.2, 0) is 6.54 Å². The van der Waals surface area contributed by atoms with Crippen LogP contribution in [0, 0.1) is 5.92 Å². The molecule has 1 aromatic carbocycles. The number of carbonyl (C=O) groups excluding carboxylic acids is 1. The summed E-state index contributed by atoms with van der Waals surface area (Å²) in [5.41, 5.74) is 1.11. The summed E-state index contributed by atoms with van der Waals surface area (Å²) < 4.78 is 0. The molecule has 2 amide bonds. The predicted octanol–water partition coefficient (Wildman–Crippen LogP) is 1.28. The van der Waals surface area contributed by atoms with Gasteiger partial charge in [-0.05, 0) is 24.3 Å². The lowest BCUT2D eigenvalue weighted by atomic mass is 10.2. The van der Waals surface area contributed by atoms with Crippen LogP contribution >= 0.6 is 0 Å². The molecule has 5 heteroatoms. The van der Waals surface area contributed by atoms with Gasteiger partial charge in [0.05, 0.1) is 6.10 Å². The number of nitrogens with one attached hydrogen (secondary N) is 1. The highest BCUT2D eigenvalue weighted by Crippen LogP contribution is 2.32. The van der Waals surface area contributed by atoms with E-state index >= 15 is 0 Å². The molecule has 5 nitrogen and oxygen atoms in total. The van der Waals surface area contributed by atoms with Crippen molar-refractivity contribution in [1.29, 1.82) is 0 Å². The summed E-state index contributed by atoms with van der Waals surface area (Å²) >= 11 is 0. The van der Waals surface area contributed by atoms with Crippen molar-refractivity contribution in [3.05, 3.63) is 35.9 Å². The Morgan fingerprint density at radius 1 is 1.18 bits per heavy atom. The number of nitrogens with zero attached hydrogens (tertiary/aromatic N) is 2. The first-order valence-corrected chi connectivity index (χ1v) is 8.19. The third-order valence-corrected chi connectivity index (χ3v) is 4.56. The highest BCUT2D eigenvalue weighted by atomic mass is 16.3. The van der Waals surface area contributed by atoms with E-state index in [4.69, 9.17) is 0 Å². The van der Waals surface area contributed by atoms with Gasteiger partial charge in [0, 0.05) is 39.3 Å². The average Bonchev–Trinajstić information content (AvgIpc) is 3.39. The fourth-order valence-corrected chi connectivity index (χ4v) is 2.91. The summed E-state index contributed by atoms with van der Waals surface area (Å²) in [6.45, 7) is 4.49. The first-order valence-electron chi connectivity index (χ1n) is 8.19. The number of hydrogen-bond acceptors (Lipinski definition) is 3. The van der Waals surface area contributed by atoms with E-state index < -0.39 is 0 Å². The highest BCUT2D eigenvalue weighted by Gasteiger charge is 2.31. The summed E-state index contributed by atoms with van der Waals surface area (Å²) in [6, 6.07) is 9.96. The molecule has 1 heterocycles. The molecule has 0 unspecified atom stereocenters. The molecule has 3 rings (SSSR count). The summed E-state index contributed by atoms with van der Waals surface area (Å²) in [4.78, 5) is 16.3. The van der Waals surface area contributed by atoms with E-state index in [1.165, 1.54) is 12.8 Å². The molecule has 120 valence electrons. The molecule has 0 aromatic heterocycles. The van der Waals surface area contributed by atoms with Crippen molar-refractivity contribution >= 4 is 6.03 Å². The molecule has 2 N–H and O–H groups in total. The van der Waals surface area contributed by atoms with Gasteiger partial charge in [0.1, 0.15) is 0 Å².